The first kappa shape index (κ1) is 14.4. The van der Waals surface area contributed by atoms with Crippen molar-refractivity contribution < 1.29 is 9.53 Å². The molecular formula is C14H19BrO2. The fourth-order valence-corrected chi connectivity index (χ4v) is 1.73. The lowest BCUT2D eigenvalue weighted by atomic mass is 10.0. The summed E-state index contributed by atoms with van der Waals surface area (Å²) in [6.07, 6.45) is 0.469. The van der Waals surface area contributed by atoms with E-state index in [1.165, 1.54) is 0 Å². The summed E-state index contributed by atoms with van der Waals surface area (Å²) in [5.74, 6) is 0.0269. The van der Waals surface area contributed by atoms with Crippen LogP contribution in [0.3, 0.4) is 0 Å². The zero-order chi connectivity index (χ0) is 13.1. The SMILES string of the molecule is CCC(C)(C)OC(C)C(=O)c1ccc(Br)cc1. The highest BCUT2D eigenvalue weighted by Crippen LogP contribution is 2.19. The monoisotopic (exact) mass is 298 g/mol. The van der Waals surface area contributed by atoms with Gasteiger partial charge in [-0.1, -0.05) is 35.0 Å². The summed E-state index contributed by atoms with van der Waals surface area (Å²) >= 11 is 3.35. The highest BCUT2D eigenvalue weighted by atomic mass is 79.9. The van der Waals surface area contributed by atoms with Crippen LogP contribution >= 0.6 is 15.9 Å². The van der Waals surface area contributed by atoms with E-state index in [2.05, 4.69) is 22.9 Å². The summed E-state index contributed by atoms with van der Waals surface area (Å²) in [5, 5.41) is 0. The van der Waals surface area contributed by atoms with Crippen molar-refractivity contribution in [2.45, 2.75) is 45.8 Å². The molecule has 0 saturated heterocycles. The van der Waals surface area contributed by atoms with Crippen molar-refractivity contribution >= 4 is 21.7 Å². The Balaban J connectivity index is 2.73. The number of hydrogen-bond acceptors (Lipinski definition) is 2. The summed E-state index contributed by atoms with van der Waals surface area (Å²) in [6, 6.07) is 7.35. The molecule has 1 aromatic rings. The Kier molecular flexibility index (Phi) is 4.90. The minimum absolute atomic E-state index is 0.0269. The van der Waals surface area contributed by atoms with Crippen LogP contribution in [-0.4, -0.2) is 17.5 Å². The molecule has 0 aliphatic heterocycles. The fourth-order valence-electron chi connectivity index (χ4n) is 1.46. The largest absolute Gasteiger partial charge is 0.364 e. The Hall–Kier alpha value is -0.670. The molecule has 1 atom stereocenters. The number of carbonyl (C=O) groups is 1. The number of Topliss-reactive ketones (excluding diaryl/α,β-unsaturated/α-hetero) is 1. The van der Waals surface area contributed by atoms with E-state index in [9.17, 15) is 4.79 Å². The van der Waals surface area contributed by atoms with Gasteiger partial charge >= 0.3 is 0 Å². The van der Waals surface area contributed by atoms with Crippen LogP contribution in [0.15, 0.2) is 28.7 Å². The molecule has 1 aromatic carbocycles. The highest BCUT2D eigenvalue weighted by molar-refractivity contribution is 9.10. The van der Waals surface area contributed by atoms with Crippen LogP contribution in [0.4, 0.5) is 0 Å². The molecule has 0 N–H and O–H groups in total. The van der Waals surface area contributed by atoms with Crippen LogP contribution in [0.1, 0.15) is 44.5 Å². The maximum atomic E-state index is 12.1. The smallest absolute Gasteiger partial charge is 0.191 e. The van der Waals surface area contributed by atoms with Gasteiger partial charge in [0.1, 0.15) is 6.10 Å². The molecule has 3 heteroatoms. The maximum Gasteiger partial charge on any atom is 0.191 e. The van der Waals surface area contributed by atoms with E-state index >= 15 is 0 Å². The van der Waals surface area contributed by atoms with Crippen LogP contribution in [0.5, 0.6) is 0 Å². The Labute approximate surface area is 111 Å². The number of ketones is 1. The Morgan fingerprint density at radius 3 is 2.35 bits per heavy atom. The summed E-state index contributed by atoms with van der Waals surface area (Å²) in [6.45, 7) is 7.86. The number of halogens is 1. The van der Waals surface area contributed by atoms with Crippen molar-refractivity contribution in [3.8, 4) is 0 Å². The van der Waals surface area contributed by atoms with Gasteiger partial charge in [0.05, 0.1) is 5.60 Å². The van der Waals surface area contributed by atoms with Crippen molar-refractivity contribution in [2.24, 2.45) is 0 Å². The van der Waals surface area contributed by atoms with Crippen molar-refractivity contribution in [3.63, 3.8) is 0 Å². The van der Waals surface area contributed by atoms with Gasteiger partial charge in [-0.3, -0.25) is 4.79 Å². The van der Waals surface area contributed by atoms with Gasteiger partial charge in [-0.15, -0.1) is 0 Å². The first-order chi connectivity index (χ1) is 7.85. The highest BCUT2D eigenvalue weighted by Gasteiger charge is 2.24. The predicted octanol–water partition coefficient (Wildman–Crippen LogP) is 4.23. The molecule has 0 aliphatic rings. The summed E-state index contributed by atoms with van der Waals surface area (Å²) in [7, 11) is 0. The van der Waals surface area contributed by atoms with Gasteiger partial charge in [0, 0.05) is 10.0 Å². The average Bonchev–Trinajstić information content (AvgIpc) is 2.28. The quantitative estimate of drug-likeness (QED) is 0.761. The van der Waals surface area contributed by atoms with Crippen molar-refractivity contribution in [2.75, 3.05) is 0 Å². The van der Waals surface area contributed by atoms with Gasteiger partial charge in [-0.2, -0.15) is 0 Å². The molecule has 0 bridgehead atoms. The first-order valence-corrected chi connectivity index (χ1v) is 6.62. The number of benzene rings is 1. The van der Waals surface area contributed by atoms with E-state index in [1.54, 1.807) is 0 Å². The summed E-state index contributed by atoms with van der Waals surface area (Å²) < 4.78 is 6.74. The molecule has 0 aromatic heterocycles. The Morgan fingerprint density at radius 1 is 1.35 bits per heavy atom. The molecule has 0 radical (unpaired) electrons. The van der Waals surface area contributed by atoms with Crippen molar-refractivity contribution in [1.29, 1.82) is 0 Å². The van der Waals surface area contributed by atoms with E-state index in [0.717, 1.165) is 10.9 Å². The van der Waals surface area contributed by atoms with Gasteiger partial charge in [-0.25, -0.2) is 0 Å². The number of ether oxygens (including phenoxy) is 1. The van der Waals surface area contributed by atoms with Gasteiger partial charge in [0.2, 0.25) is 0 Å². The van der Waals surface area contributed by atoms with E-state index in [0.29, 0.717) is 5.56 Å². The maximum absolute atomic E-state index is 12.1. The second-order valence-electron chi connectivity index (χ2n) is 4.74. The topological polar surface area (TPSA) is 26.3 Å². The molecule has 0 spiro atoms. The molecule has 17 heavy (non-hydrogen) atoms. The average molecular weight is 299 g/mol. The lowest BCUT2D eigenvalue weighted by molar-refractivity contribution is -0.0517. The van der Waals surface area contributed by atoms with Crippen molar-refractivity contribution in [3.05, 3.63) is 34.3 Å². The third-order valence-corrected chi connectivity index (χ3v) is 3.37. The van der Waals surface area contributed by atoms with Crippen LogP contribution in [0.2, 0.25) is 0 Å². The molecule has 0 saturated carbocycles. The molecule has 2 nitrogen and oxygen atoms in total. The van der Waals surface area contributed by atoms with Crippen LogP contribution in [0, 0.1) is 0 Å². The Bertz CT molecular complexity index is 382. The molecule has 0 fully saturated rings. The van der Waals surface area contributed by atoms with Gasteiger partial charge in [0.25, 0.3) is 0 Å². The third-order valence-electron chi connectivity index (χ3n) is 2.85. The van der Waals surface area contributed by atoms with Gasteiger partial charge < -0.3 is 4.74 Å². The molecule has 0 heterocycles. The molecule has 1 unspecified atom stereocenters. The van der Waals surface area contributed by atoms with Crippen LogP contribution in [-0.2, 0) is 4.74 Å². The second-order valence-corrected chi connectivity index (χ2v) is 5.66. The Morgan fingerprint density at radius 2 is 1.88 bits per heavy atom. The molecular weight excluding hydrogens is 280 g/mol. The van der Waals surface area contributed by atoms with Gasteiger partial charge in [-0.05, 0) is 39.3 Å². The summed E-state index contributed by atoms with van der Waals surface area (Å²) in [5.41, 5.74) is 0.428. The van der Waals surface area contributed by atoms with Crippen LogP contribution in [0.25, 0.3) is 0 Å². The van der Waals surface area contributed by atoms with Crippen LogP contribution < -0.4 is 0 Å². The second kappa shape index (κ2) is 5.78. The molecule has 1 rings (SSSR count). The zero-order valence-corrected chi connectivity index (χ0v) is 12.4. The molecule has 0 aliphatic carbocycles. The lowest BCUT2D eigenvalue weighted by Gasteiger charge is -2.27. The third kappa shape index (κ3) is 4.25. The minimum Gasteiger partial charge on any atom is -0.364 e. The van der Waals surface area contributed by atoms with E-state index in [4.69, 9.17) is 4.74 Å². The van der Waals surface area contributed by atoms with Crippen molar-refractivity contribution in [1.82, 2.24) is 0 Å². The normalized spacial score (nSPS) is 13.5. The zero-order valence-electron chi connectivity index (χ0n) is 10.8. The lowest BCUT2D eigenvalue weighted by Crippen LogP contribution is -2.33. The number of carbonyl (C=O) groups excluding carboxylic acids is 1. The molecule has 94 valence electrons. The summed E-state index contributed by atoms with van der Waals surface area (Å²) in [4.78, 5) is 12.1. The van der Waals surface area contributed by atoms with E-state index in [-0.39, 0.29) is 11.4 Å². The van der Waals surface area contributed by atoms with E-state index < -0.39 is 6.10 Å². The predicted molar refractivity (Wildman–Crippen MR) is 73.4 cm³/mol. The standard InChI is InChI=1S/C14H19BrO2/c1-5-14(3,4)17-10(2)13(16)11-6-8-12(15)9-7-11/h6-10H,5H2,1-4H3. The minimum atomic E-state index is -0.411. The number of hydrogen-bond donors (Lipinski definition) is 0. The fraction of sp³-hybridized carbons (Fsp3) is 0.500. The molecule has 0 amide bonds. The number of rotatable bonds is 5. The van der Waals surface area contributed by atoms with Gasteiger partial charge in [0.15, 0.2) is 5.78 Å². The van der Waals surface area contributed by atoms with E-state index in [1.807, 2.05) is 45.0 Å². The first-order valence-electron chi connectivity index (χ1n) is 5.83.